The number of piperidine rings is 1. The monoisotopic (exact) mass is 404 g/mol. The molecule has 3 atom stereocenters. The minimum absolute atomic E-state index is 0.117. The number of halogens is 3. The Balaban J connectivity index is 1.71. The molecule has 156 valence electrons. The number of rotatable bonds is 4. The van der Waals surface area contributed by atoms with Crippen LogP contribution in [-0.2, 0) is 6.42 Å². The van der Waals surface area contributed by atoms with E-state index in [1.807, 2.05) is 25.2 Å². The first kappa shape index (κ1) is 20.1. The molecule has 0 radical (unpaired) electrons. The highest BCUT2D eigenvalue weighted by Gasteiger charge is 2.45. The van der Waals surface area contributed by atoms with Crippen molar-refractivity contribution in [3.8, 4) is 5.75 Å². The van der Waals surface area contributed by atoms with Gasteiger partial charge in [0.05, 0.1) is 24.8 Å². The molecular formula is C23H27F3N2O. The number of hydrogen-bond donors (Lipinski definition) is 1. The lowest BCUT2D eigenvalue weighted by molar-refractivity contribution is -0.149. The zero-order chi connectivity index (χ0) is 20.6. The number of nitrogens with zero attached hydrogens (tertiary/aromatic N) is 1. The third-order valence-corrected chi connectivity index (χ3v) is 6.38. The van der Waals surface area contributed by atoms with Gasteiger partial charge in [-0.2, -0.15) is 13.2 Å². The van der Waals surface area contributed by atoms with Crippen molar-refractivity contribution in [3.05, 3.63) is 59.2 Å². The topological polar surface area (TPSA) is 24.5 Å². The van der Waals surface area contributed by atoms with Crippen molar-refractivity contribution in [2.45, 2.75) is 49.9 Å². The number of alkyl halides is 3. The number of anilines is 1. The lowest BCUT2D eigenvalue weighted by Gasteiger charge is -2.40. The van der Waals surface area contributed by atoms with Crippen LogP contribution in [-0.4, -0.2) is 32.9 Å². The number of ether oxygens (including phenoxy) is 1. The zero-order valence-electron chi connectivity index (χ0n) is 16.8. The summed E-state index contributed by atoms with van der Waals surface area (Å²) in [7, 11) is 3.55. The number of aryl methyl sites for hydroxylation is 1. The van der Waals surface area contributed by atoms with Crippen molar-refractivity contribution in [1.29, 1.82) is 0 Å². The molecule has 1 heterocycles. The summed E-state index contributed by atoms with van der Waals surface area (Å²) in [4.78, 5) is 2.11. The van der Waals surface area contributed by atoms with Crippen LogP contribution in [0.1, 0.15) is 47.9 Å². The van der Waals surface area contributed by atoms with E-state index in [4.69, 9.17) is 4.74 Å². The van der Waals surface area contributed by atoms with Gasteiger partial charge in [-0.05, 0) is 61.1 Å². The standard InChI is InChI=1S/C23H27F3N2O/c1-28(19-9-6-12-27-22(19)15-7-4-3-5-8-15)20-14-17-16(13-21(20)29-2)10-11-18(17)23(24,25)26/h3-5,7-8,13-14,18-19,22,27H,6,9-12H2,1-2H3/t18?,19-,22-/m0/s1. The average molecular weight is 404 g/mol. The lowest BCUT2D eigenvalue weighted by atomic mass is 9.90. The number of likely N-dealkylation sites (N-methyl/N-ethyl adjacent to an activating group) is 1. The molecule has 1 unspecified atom stereocenters. The SMILES string of the molecule is COc1cc2c(cc1N(C)[C@H]1CCCN[C@H]1c1ccccc1)C(C(F)(F)F)CC2. The molecule has 1 saturated heterocycles. The van der Waals surface area contributed by atoms with Gasteiger partial charge in [-0.1, -0.05) is 30.3 Å². The van der Waals surface area contributed by atoms with Crippen LogP contribution in [0.4, 0.5) is 18.9 Å². The van der Waals surface area contributed by atoms with E-state index < -0.39 is 12.1 Å². The number of hydrogen-bond acceptors (Lipinski definition) is 3. The van der Waals surface area contributed by atoms with E-state index in [0.717, 1.165) is 30.6 Å². The van der Waals surface area contributed by atoms with Gasteiger partial charge in [-0.3, -0.25) is 0 Å². The van der Waals surface area contributed by atoms with Crippen LogP contribution in [0.25, 0.3) is 0 Å². The van der Waals surface area contributed by atoms with Crippen LogP contribution in [0, 0.1) is 0 Å². The smallest absolute Gasteiger partial charge is 0.395 e. The highest BCUT2D eigenvalue weighted by molar-refractivity contribution is 5.64. The first-order valence-corrected chi connectivity index (χ1v) is 10.2. The van der Waals surface area contributed by atoms with Gasteiger partial charge in [0.15, 0.2) is 0 Å². The molecule has 1 aliphatic heterocycles. The van der Waals surface area contributed by atoms with Crippen LogP contribution >= 0.6 is 0 Å². The van der Waals surface area contributed by atoms with E-state index in [-0.39, 0.29) is 18.5 Å². The number of benzene rings is 2. The molecule has 3 nitrogen and oxygen atoms in total. The van der Waals surface area contributed by atoms with Gasteiger partial charge in [0.25, 0.3) is 0 Å². The summed E-state index contributed by atoms with van der Waals surface area (Å²) in [5.74, 6) is -0.739. The summed E-state index contributed by atoms with van der Waals surface area (Å²) in [5, 5.41) is 3.60. The number of nitrogens with one attached hydrogen (secondary N) is 1. The summed E-state index contributed by atoms with van der Waals surface area (Å²) >= 11 is 0. The fourth-order valence-electron chi connectivity index (χ4n) is 4.87. The third kappa shape index (κ3) is 3.82. The van der Waals surface area contributed by atoms with Crippen molar-refractivity contribution >= 4 is 5.69 Å². The fourth-order valence-corrected chi connectivity index (χ4v) is 4.87. The molecule has 2 aliphatic rings. The zero-order valence-corrected chi connectivity index (χ0v) is 16.8. The highest BCUT2D eigenvalue weighted by Crippen LogP contribution is 2.48. The van der Waals surface area contributed by atoms with Gasteiger partial charge >= 0.3 is 6.18 Å². The van der Waals surface area contributed by atoms with E-state index in [0.29, 0.717) is 17.7 Å². The Morgan fingerprint density at radius 2 is 1.86 bits per heavy atom. The van der Waals surface area contributed by atoms with Gasteiger partial charge < -0.3 is 15.0 Å². The summed E-state index contributed by atoms with van der Waals surface area (Å²) < 4.78 is 46.2. The van der Waals surface area contributed by atoms with E-state index in [1.165, 1.54) is 5.56 Å². The van der Waals surface area contributed by atoms with E-state index in [9.17, 15) is 13.2 Å². The normalized spacial score (nSPS) is 24.2. The summed E-state index contributed by atoms with van der Waals surface area (Å²) in [6.45, 7) is 0.932. The minimum atomic E-state index is -4.21. The van der Waals surface area contributed by atoms with Gasteiger partial charge in [-0.15, -0.1) is 0 Å². The van der Waals surface area contributed by atoms with Crippen LogP contribution in [0.5, 0.6) is 5.75 Å². The van der Waals surface area contributed by atoms with Crippen molar-refractivity contribution in [1.82, 2.24) is 5.32 Å². The predicted molar refractivity (Wildman–Crippen MR) is 109 cm³/mol. The highest BCUT2D eigenvalue weighted by atomic mass is 19.4. The van der Waals surface area contributed by atoms with Gasteiger partial charge in [0.1, 0.15) is 5.75 Å². The Bertz CT molecular complexity index is 853. The Morgan fingerprint density at radius 1 is 1.10 bits per heavy atom. The minimum Gasteiger partial charge on any atom is -0.495 e. The predicted octanol–water partition coefficient (Wildman–Crippen LogP) is 5.22. The molecule has 29 heavy (non-hydrogen) atoms. The van der Waals surface area contributed by atoms with Crippen molar-refractivity contribution in [2.24, 2.45) is 0 Å². The summed E-state index contributed by atoms with van der Waals surface area (Å²) in [5.41, 5.74) is 3.08. The molecule has 1 fully saturated rings. The maximum Gasteiger partial charge on any atom is 0.395 e. The third-order valence-electron chi connectivity index (χ3n) is 6.38. The second-order valence-corrected chi connectivity index (χ2v) is 8.02. The Kier molecular flexibility index (Phi) is 5.47. The first-order valence-electron chi connectivity index (χ1n) is 10.2. The van der Waals surface area contributed by atoms with Gasteiger partial charge in [0.2, 0.25) is 0 Å². The number of fused-ring (bicyclic) bond motifs is 1. The molecule has 2 aromatic rings. The van der Waals surface area contributed by atoms with Crippen LogP contribution < -0.4 is 15.0 Å². The molecule has 0 bridgehead atoms. The second-order valence-electron chi connectivity index (χ2n) is 8.02. The maximum atomic E-state index is 13.5. The Morgan fingerprint density at radius 3 is 2.55 bits per heavy atom. The van der Waals surface area contributed by atoms with Crippen molar-refractivity contribution in [3.63, 3.8) is 0 Å². The van der Waals surface area contributed by atoms with Gasteiger partial charge in [0, 0.05) is 13.1 Å². The molecule has 2 aromatic carbocycles. The number of methoxy groups -OCH3 is 1. The van der Waals surface area contributed by atoms with Gasteiger partial charge in [-0.25, -0.2) is 0 Å². The van der Waals surface area contributed by atoms with E-state index in [2.05, 4.69) is 22.3 Å². The van der Waals surface area contributed by atoms with Crippen molar-refractivity contribution < 1.29 is 17.9 Å². The molecule has 6 heteroatoms. The fraction of sp³-hybridized carbons (Fsp3) is 0.478. The molecule has 4 rings (SSSR count). The lowest BCUT2D eigenvalue weighted by Crippen LogP contribution is -2.47. The van der Waals surface area contributed by atoms with E-state index >= 15 is 0 Å². The molecule has 0 amide bonds. The van der Waals surface area contributed by atoms with Crippen LogP contribution in [0.3, 0.4) is 0 Å². The summed E-state index contributed by atoms with van der Waals surface area (Å²) in [6.07, 6.45) is -1.66. The molecule has 0 saturated carbocycles. The van der Waals surface area contributed by atoms with Crippen LogP contribution in [0.2, 0.25) is 0 Å². The van der Waals surface area contributed by atoms with E-state index in [1.54, 1.807) is 19.2 Å². The van der Waals surface area contributed by atoms with Crippen LogP contribution in [0.15, 0.2) is 42.5 Å². The Labute approximate surface area is 169 Å². The molecule has 0 aromatic heterocycles. The quantitative estimate of drug-likeness (QED) is 0.757. The van der Waals surface area contributed by atoms with Crippen molar-refractivity contribution in [2.75, 3.05) is 25.6 Å². The Hall–Kier alpha value is -2.21. The summed E-state index contributed by atoms with van der Waals surface area (Å²) in [6, 6.07) is 14.0. The largest absolute Gasteiger partial charge is 0.495 e. The molecule has 1 N–H and O–H groups in total. The second kappa shape index (κ2) is 7.90. The molecule has 0 spiro atoms. The average Bonchev–Trinajstić information content (AvgIpc) is 3.16. The molecular weight excluding hydrogens is 377 g/mol. The maximum absolute atomic E-state index is 13.5. The molecule has 1 aliphatic carbocycles. The first-order chi connectivity index (χ1) is 13.9.